The molecule has 5 nitrogen and oxygen atoms in total. The molecular formula is C18H22ClN3O2. The summed E-state index contributed by atoms with van der Waals surface area (Å²) in [4.78, 5) is 4.38. The van der Waals surface area contributed by atoms with E-state index in [1.807, 2.05) is 0 Å². The zero-order valence-corrected chi connectivity index (χ0v) is 14.5. The summed E-state index contributed by atoms with van der Waals surface area (Å²) < 4.78 is 5.69. The van der Waals surface area contributed by atoms with Gasteiger partial charge in [-0.05, 0) is 18.6 Å². The Bertz CT molecular complexity index is 696. The normalized spacial score (nSPS) is 16.4. The third-order valence-electron chi connectivity index (χ3n) is 3.66. The van der Waals surface area contributed by atoms with Gasteiger partial charge in [-0.3, -0.25) is 0 Å². The van der Waals surface area contributed by atoms with Crippen LogP contribution in [0.3, 0.4) is 0 Å². The average molecular weight is 348 g/mol. The summed E-state index contributed by atoms with van der Waals surface area (Å²) in [5, 5.41) is 25.7. The van der Waals surface area contributed by atoms with Crippen molar-refractivity contribution in [1.82, 2.24) is 0 Å². The van der Waals surface area contributed by atoms with E-state index in [0.717, 1.165) is 12.8 Å². The summed E-state index contributed by atoms with van der Waals surface area (Å²) in [5.41, 5.74) is 1.46. The molecule has 128 valence electrons. The van der Waals surface area contributed by atoms with Crippen LogP contribution in [0.2, 0.25) is 5.02 Å². The molecule has 24 heavy (non-hydrogen) atoms. The minimum Gasteiger partial charge on any atom is -0.508 e. The average Bonchev–Trinajstić information content (AvgIpc) is 2.53. The van der Waals surface area contributed by atoms with Gasteiger partial charge in [0.15, 0.2) is 0 Å². The van der Waals surface area contributed by atoms with Crippen molar-refractivity contribution in [2.75, 3.05) is 6.61 Å². The van der Waals surface area contributed by atoms with Crippen molar-refractivity contribution in [3.63, 3.8) is 0 Å². The highest BCUT2D eigenvalue weighted by atomic mass is 35.5. The maximum Gasteiger partial charge on any atom is 0.142 e. The Morgan fingerprint density at radius 3 is 2.71 bits per heavy atom. The third-order valence-corrected chi connectivity index (χ3v) is 3.96. The Balaban J connectivity index is 2.14. The first kappa shape index (κ1) is 18.2. The largest absolute Gasteiger partial charge is 0.508 e. The van der Waals surface area contributed by atoms with Crippen LogP contribution in [0.15, 0.2) is 35.0 Å². The molecule has 1 aliphatic carbocycles. The maximum atomic E-state index is 9.40. The summed E-state index contributed by atoms with van der Waals surface area (Å²) in [6.45, 7) is 2.72. The van der Waals surface area contributed by atoms with Crippen molar-refractivity contribution in [2.45, 2.75) is 39.0 Å². The van der Waals surface area contributed by atoms with E-state index < -0.39 is 0 Å². The highest BCUT2D eigenvalue weighted by Crippen LogP contribution is 2.29. The van der Waals surface area contributed by atoms with Crippen LogP contribution >= 0.6 is 11.6 Å². The van der Waals surface area contributed by atoms with E-state index in [9.17, 15) is 5.11 Å². The fourth-order valence-corrected chi connectivity index (χ4v) is 2.53. The summed E-state index contributed by atoms with van der Waals surface area (Å²) in [6.07, 6.45) is 6.21. The Labute approximate surface area is 147 Å². The first-order valence-corrected chi connectivity index (χ1v) is 8.46. The molecule has 0 aliphatic heterocycles. The van der Waals surface area contributed by atoms with Crippen molar-refractivity contribution >= 4 is 34.4 Å². The number of phenols is 1. The second-order valence-corrected chi connectivity index (χ2v) is 6.09. The van der Waals surface area contributed by atoms with E-state index in [2.05, 4.69) is 11.9 Å². The van der Waals surface area contributed by atoms with Gasteiger partial charge in [0.25, 0.3) is 0 Å². The number of halogens is 1. The van der Waals surface area contributed by atoms with Crippen LogP contribution in [0, 0.1) is 10.8 Å². The number of aromatic hydroxyl groups is 1. The second-order valence-electron chi connectivity index (χ2n) is 5.68. The first-order chi connectivity index (χ1) is 11.5. The number of nitrogens with zero attached hydrogens (tertiary/aromatic N) is 1. The Kier molecular flexibility index (Phi) is 6.55. The van der Waals surface area contributed by atoms with Gasteiger partial charge in [-0.1, -0.05) is 37.8 Å². The van der Waals surface area contributed by atoms with Crippen LogP contribution < -0.4 is 0 Å². The highest BCUT2D eigenvalue weighted by Gasteiger charge is 2.20. The number of ether oxygens (including phenoxy) is 1. The molecule has 0 saturated heterocycles. The van der Waals surface area contributed by atoms with Crippen LogP contribution in [-0.2, 0) is 4.74 Å². The fourth-order valence-electron chi connectivity index (χ4n) is 2.31. The summed E-state index contributed by atoms with van der Waals surface area (Å²) in [7, 11) is 0. The van der Waals surface area contributed by atoms with E-state index in [-0.39, 0.29) is 17.9 Å². The molecule has 2 rings (SSSR count). The van der Waals surface area contributed by atoms with Crippen LogP contribution in [-0.4, -0.2) is 28.8 Å². The molecule has 0 saturated carbocycles. The van der Waals surface area contributed by atoms with Gasteiger partial charge in [0.05, 0.1) is 34.5 Å². The topological polar surface area (TPSA) is 89.5 Å². The number of aliphatic imine (C=N–C) groups is 1. The second kappa shape index (κ2) is 8.64. The number of unbranched alkanes of at least 4 members (excludes halogenated alkanes) is 3. The number of benzene rings is 1. The zero-order chi connectivity index (χ0) is 17.5. The number of phenolic OH excluding ortho intramolecular Hbond substituents is 1. The minimum atomic E-state index is 0.0658. The molecule has 6 heteroatoms. The van der Waals surface area contributed by atoms with Crippen molar-refractivity contribution in [2.24, 2.45) is 4.99 Å². The molecule has 0 heterocycles. The standard InChI is InChI=1S/C18H22ClN3O2/c1-2-3-4-5-8-24-18-11-17(14(20)10-15(18)21)22-16-7-6-12(23)9-13(16)19/h6-7,9,11,20-21,23H,2-5,8,10H2,1H3. The number of nitrogens with one attached hydrogen (secondary N) is 2. The van der Waals surface area contributed by atoms with Crippen molar-refractivity contribution in [1.29, 1.82) is 10.8 Å². The molecule has 0 amide bonds. The molecule has 0 bridgehead atoms. The Morgan fingerprint density at radius 1 is 1.21 bits per heavy atom. The van der Waals surface area contributed by atoms with E-state index >= 15 is 0 Å². The quantitative estimate of drug-likeness (QED) is 0.603. The zero-order valence-electron chi connectivity index (χ0n) is 13.7. The number of rotatable bonds is 7. The summed E-state index contributed by atoms with van der Waals surface area (Å²) in [6, 6.07) is 4.50. The first-order valence-electron chi connectivity index (χ1n) is 8.08. The van der Waals surface area contributed by atoms with Gasteiger partial charge in [0.1, 0.15) is 11.5 Å². The van der Waals surface area contributed by atoms with Crippen LogP contribution in [0.1, 0.15) is 39.0 Å². The van der Waals surface area contributed by atoms with Crippen molar-refractivity contribution < 1.29 is 9.84 Å². The minimum absolute atomic E-state index is 0.0658. The van der Waals surface area contributed by atoms with Gasteiger partial charge in [-0.15, -0.1) is 0 Å². The summed E-state index contributed by atoms with van der Waals surface area (Å²) >= 11 is 6.06. The molecular weight excluding hydrogens is 326 g/mol. The van der Waals surface area contributed by atoms with Gasteiger partial charge in [0.2, 0.25) is 0 Å². The molecule has 1 aliphatic rings. The van der Waals surface area contributed by atoms with Crippen LogP contribution in [0.25, 0.3) is 0 Å². The molecule has 0 radical (unpaired) electrons. The monoisotopic (exact) mass is 347 g/mol. The van der Waals surface area contributed by atoms with Crippen LogP contribution in [0.4, 0.5) is 5.69 Å². The predicted octanol–water partition coefficient (Wildman–Crippen LogP) is 5.04. The molecule has 0 spiro atoms. The number of allylic oxidation sites excluding steroid dienone is 2. The molecule has 0 unspecified atom stereocenters. The van der Waals surface area contributed by atoms with E-state index in [1.54, 1.807) is 12.1 Å². The Morgan fingerprint density at radius 2 is 2.00 bits per heavy atom. The van der Waals surface area contributed by atoms with E-state index in [1.165, 1.54) is 25.0 Å². The lowest BCUT2D eigenvalue weighted by molar-refractivity contribution is 0.222. The molecule has 0 aromatic heterocycles. The van der Waals surface area contributed by atoms with Gasteiger partial charge >= 0.3 is 0 Å². The molecule has 1 aromatic carbocycles. The Hall–Kier alpha value is -2.14. The molecule has 0 fully saturated rings. The van der Waals surface area contributed by atoms with E-state index in [4.69, 9.17) is 27.2 Å². The predicted molar refractivity (Wildman–Crippen MR) is 98.5 cm³/mol. The lowest BCUT2D eigenvalue weighted by Gasteiger charge is -2.18. The number of hydrogen-bond acceptors (Lipinski definition) is 5. The molecule has 3 N–H and O–H groups in total. The number of hydrogen-bond donors (Lipinski definition) is 3. The molecule has 0 atom stereocenters. The highest BCUT2D eigenvalue weighted by molar-refractivity contribution is 6.51. The van der Waals surface area contributed by atoms with Gasteiger partial charge < -0.3 is 20.7 Å². The lowest BCUT2D eigenvalue weighted by Crippen LogP contribution is -2.24. The van der Waals surface area contributed by atoms with Gasteiger partial charge in [0, 0.05) is 18.6 Å². The lowest BCUT2D eigenvalue weighted by atomic mass is 9.99. The van der Waals surface area contributed by atoms with Gasteiger partial charge in [-0.25, -0.2) is 4.99 Å². The van der Waals surface area contributed by atoms with Crippen molar-refractivity contribution in [3.8, 4) is 5.75 Å². The third kappa shape index (κ3) is 4.93. The fraction of sp³-hybridized carbons (Fsp3) is 0.389. The maximum absolute atomic E-state index is 9.40. The van der Waals surface area contributed by atoms with Crippen LogP contribution in [0.5, 0.6) is 5.75 Å². The van der Waals surface area contributed by atoms with Crippen molar-refractivity contribution in [3.05, 3.63) is 35.1 Å². The SMILES string of the molecule is CCCCCCOC1=CC(=Nc2ccc(O)cc2Cl)C(=N)CC1=N. The van der Waals surface area contributed by atoms with E-state index in [0.29, 0.717) is 34.5 Å². The summed E-state index contributed by atoms with van der Waals surface area (Å²) in [5.74, 6) is 0.534. The van der Waals surface area contributed by atoms with Gasteiger partial charge in [-0.2, -0.15) is 0 Å². The smallest absolute Gasteiger partial charge is 0.142 e. The molecule has 1 aromatic rings.